The first-order valence-corrected chi connectivity index (χ1v) is 13.8. The maximum Gasteiger partial charge on any atom is 0.125 e. The lowest BCUT2D eigenvalue weighted by molar-refractivity contribution is -0.153. The number of aldehydes is 1. The Balaban J connectivity index is 1.79. The van der Waals surface area contributed by atoms with Gasteiger partial charge in [-0.3, -0.25) is 0 Å². The minimum Gasteiger partial charge on any atom is -0.396 e. The Morgan fingerprint density at radius 1 is 1.29 bits per heavy atom. The average Bonchev–Trinajstić information content (AvgIpc) is 3.08. The number of fused-ring (bicyclic) bond motifs is 2. The lowest BCUT2D eigenvalue weighted by Gasteiger charge is -2.54. The van der Waals surface area contributed by atoms with E-state index in [4.69, 9.17) is 4.74 Å². The van der Waals surface area contributed by atoms with Crippen molar-refractivity contribution in [3.8, 4) is 0 Å². The first kappa shape index (κ1) is 28.3. The van der Waals surface area contributed by atoms with Crippen LogP contribution in [0.15, 0.2) is 35.5 Å². The average molecular weight is 487 g/mol. The van der Waals surface area contributed by atoms with E-state index >= 15 is 0 Å². The van der Waals surface area contributed by atoms with E-state index in [1.54, 1.807) is 0 Å². The molecule has 2 aliphatic carbocycles. The highest BCUT2D eigenvalue weighted by molar-refractivity contribution is 5.56. The smallest absolute Gasteiger partial charge is 0.125 e. The maximum atomic E-state index is 11.9. The molecule has 0 aromatic rings. The van der Waals surface area contributed by atoms with Gasteiger partial charge in [0.2, 0.25) is 0 Å². The van der Waals surface area contributed by atoms with Crippen molar-refractivity contribution in [2.45, 2.75) is 105 Å². The van der Waals surface area contributed by atoms with Crippen molar-refractivity contribution in [3.05, 3.63) is 35.5 Å². The zero-order valence-corrected chi connectivity index (χ0v) is 23.3. The van der Waals surface area contributed by atoms with Crippen LogP contribution < -0.4 is 0 Å². The Labute approximate surface area is 213 Å². The molecule has 3 aliphatic rings. The predicted molar refractivity (Wildman–Crippen MR) is 143 cm³/mol. The van der Waals surface area contributed by atoms with Gasteiger partial charge in [-0.1, -0.05) is 63.1 Å². The van der Waals surface area contributed by atoms with Gasteiger partial charge in [-0.2, -0.15) is 0 Å². The van der Waals surface area contributed by atoms with Crippen molar-refractivity contribution in [1.29, 1.82) is 0 Å². The van der Waals surface area contributed by atoms with Gasteiger partial charge >= 0.3 is 0 Å². The van der Waals surface area contributed by atoms with E-state index in [0.717, 1.165) is 32.0 Å². The summed E-state index contributed by atoms with van der Waals surface area (Å²) >= 11 is 0. The Morgan fingerprint density at radius 3 is 2.66 bits per heavy atom. The van der Waals surface area contributed by atoms with E-state index in [9.17, 15) is 15.0 Å². The number of aliphatic hydroxyl groups is 2. The highest BCUT2D eigenvalue weighted by atomic mass is 16.5. The molecule has 7 atom stereocenters. The van der Waals surface area contributed by atoms with Crippen LogP contribution in [-0.4, -0.2) is 40.9 Å². The molecule has 1 saturated carbocycles. The highest BCUT2D eigenvalue weighted by Crippen LogP contribution is 2.64. The van der Waals surface area contributed by atoms with Gasteiger partial charge in [0.1, 0.15) is 6.29 Å². The van der Waals surface area contributed by atoms with Gasteiger partial charge in [0.05, 0.1) is 17.8 Å². The molecule has 0 unspecified atom stereocenters. The summed E-state index contributed by atoms with van der Waals surface area (Å²) in [5.74, 6) is 0.948. The molecule has 3 rings (SSSR count). The maximum absolute atomic E-state index is 11.9. The van der Waals surface area contributed by atoms with Gasteiger partial charge in [-0.25, -0.2) is 0 Å². The number of ether oxygens (including phenoxy) is 1. The number of allylic oxidation sites excluding steroid dienone is 6. The van der Waals surface area contributed by atoms with Gasteiger partial charge in [0.25, 0.3) is 0 Å². The van der Waals surface area contributed by atoms with Crippen LogP contribution >= 0.6 is 0 Å². The summed E-state index contributed by atoms with van der Waals surface area (Å²) in [4.78, 5) is 11.9. The van der Waals surface area contributed by atoms with Crippen molar-refractivity contribution in [2.75, 3.05) is 13.2 Å². The second-order valence-electron chi connectivity index (χ2n) is 12.7. The van der Waals surface area contributed by atoms with E-state index in [1.807, 2.05) is 13.8 Å². The molecule has 1 saturated heterocycles. The summed E-state index contributed by atoms with van der Waals surface area (Å²) in [5.41, 5.74) is 1.18. The molecule has 0 radical (unpaired) electrons. The number of hydrogen-bond acceptors (Lipinski definition) is 4. The lowest BCUT2D eigenvalue weighted by atomic mass is 9.51. The quantitative estimate of drug-likeness (QED) is 0.212. The van der Waals surface area contributed by atoms with Crippen molar-refractivity contribution in [2.24, 2.45) is 34.5 Å². The van der Waals surface area contributed by atoms with E-state index < -0.39 is 16.6 Å². The molecule has 1 heterocycles. The van der Waals surface area contributed by atoms with Crippen molar-refractivity contribution < 1.29 is 19.7 Å². The van der Waals surface area contributed by atoms with Crippen molar-refractivity contribution in [3.63, 3.8) is 0 Å². The second-order valence-corrected chi connectivity index (χ2v) is 12.7. The van der Waals surface area contributed by atoms with Gasteiger partial charge < -0.3 is 19.7 Å². The van der Waals surface area contributed by atoms with Crippen LogP contribution in [0.25, 0.3) is 0 Å². The second kappa shape index (κ2) is 10.6. The zero-order valence-electron chi connectivity index (χ0n) is 23.3. The van der Waals surface area contributed by atoms with Gasteiger partial charge in [0, 0.05) is 23.9 Å². The molecule has 0 aromatic heterocycles. The molecule has 2 fully saturated rings. The van der Waals surface area contributed by atoms with E-state index in [2.05, 4.69) is 58.9 Å². The summed E-state index contributed by atoms with van der Waals surface area (Å²) in [6.07, 6.45) is 16.0. The summed E-state index contributed by atoms with van der Waals surface area (Å²) in [6, 6.07) is 0. The molecular weight excluding hydrogens is 436 g/mol. The Kier molecular flexibility index (Phi) is 8.61. The van der Waals surface area contributed by atoms with Gasteiger partial charge in [0.15, 0.2) is 0 Å². The topological polar surface area (TPSA) is 66.8 Å². The standard InChI is InChI=1S/C31H50O4/c1-22(12-15-26-23(2)13-14-24(3)28(26,5)6)10-8-16-30-21-35-31(25(4)20-33,18-17-29(30,7)34)27(30)11-9-19-32/h10,12-13,15,20,24-27,32,34H,8-9,11,14,16-19,21H2,1-7H3/b15-12+,22-10+/t24-,25+,26+,27-,29-,30+,31-/m0/s1. The summed E-state index contributed by atoms with van der Waals surface area (Å²) in [6.45, 7) is 16.0. The fourth-order valence-electron chi connectivity index (χ4n) is 7.48. The first-order valence-electron chi connectivity index (χ1n) is 13.8. The van der Waals surface area contributed by atoms with Gasteiger partial charge in [-0.15, -0.1) is 0 Å². The normalized spacial score (nSPS) is 40.1. The Bertz CT molecular complexity index is 850. The van der Waals surface area contributed by atoms with Crippen LogP contribution in [0, 0.1) is 34.5 Å². The molecule has 198 valence electrons. The van der Waals surface area contributed by atoms with Crippen LogP contribution in [0.3, 0.4) is 0 Å². The van der Waals surface area contributed by atoms with Crippen LogP contribution in [0.4, 0.5) is 0 Å². The number of hydrogen-bond donors (Lipinski definition) is 2. The van der Waals surface area contributed by atoms with Crippen molar-refractivity contribution in [1.82, 2.24) is 0 Å². The molecule has 1 aliphatic heterocycles. The molecule has 2 bridgehead atoms. The largest absolute Gasteiger partial charge is 0.396 e. The first-order chi connectivity index (χ1) is 16.4. The van der Waals surface area contributed by atoms with E-state index in [1.165, 1.54) is 11.1 Å². The number of carbonyl (C=O) groups is 1. The van der Waals surface area contributed by atoms with Crippen LogP contribution in [0.5, 0.6) is 0 Å². The zero-order chi connectivity index (χ0) is 26.1. The van der Waals surface area contributed by atoms with Crippen molar-refractivity contribution >= 4 is 6.29 Å². The SMILES string of the molecule is CC1=CC[C@H](C)C(C)(C)[C@@H]1/C=C/C(C)=C/CC[C@]12CO[C@]([C@H](C)C=O)(CC[C@]1(C)O)[C@H]2CCCO. The molecule has 35 heavy (non-hydrogen) atoms. The highest BCUT2D eigenvalue weighted by Gasteiger charge is 2.68. The third kappa shape index (κ3) is 5.00. The molecule has 0 aromatic carbocycles. The molecule has 0 amide bonds. The minimum absolute atomic E-state index is 0.0626. The van der Waals surface area contributed by atoms with Crippen LogP contribution in [0.2, 0.25) is 0 Å². The fraction of sp³-hybridized carbons (Fsp3) is 0.774. The Hall–Kier alpha value is -1.23. The minimum atomic E-state index is -0.850. The molecule has 0 spiro atoms. The fourth-order valence-corrected chi connectivity index (χ4v) is 7.48. The summed E-state index contributed by atoms with van der Waals surface area (Å²) in [5, 5.41) is 21.2. The third-order valence-electron chi connectivity index (χ3n) is 10.5. The number of carbonyl (C=O) groups excluding carboxylic acids is 1. The predicted octanol–water partition coefficient (Wildman–Crippen LogP) is 6.42. The van der Waals surface area contributed by atoms with E-state index in [0.29, 0.717) is 37.7 Å². The van der Waals surface area contributed by atoms with Crippen LogP contribution in [-0.2, 0) is 9.53 Å². The third-order valence-corrected chi connectivity index (χ3v) is 10.5. The summed E-state index contributed by atoms with van der Waals surface area (Å²) in [7, 11) is 0. The number of rotatable bonds is 10. The molecular formula is C31H50O4. The lowest BCUT2D eigenvalue weighted by Crippen LogP contribution is -2.60. The molecule has 4 nitrogen and oxygen atoms in total. The van der Waals surface area contributed by atoms with Crippen LogP contribution in [0.1, 0.15) is 93.4 Å². The van der Waals surface area contributed by atoms with Gasteiger partial charge in [-0.05, 0) is 83.0 Å². The summed E-state index contributed by atoms with van der Waals surface area (Å²) < 4.78 is 6.48. The Morgan fingerprint density at radius 2 is 2.00 bits per heavy atom. The molecule has 2 N–H and O–H groups in total. The molecule has 4 heteroatoms. The monoisotopic (exact) mass is 486 g/mol. The van der Waals surface area contributed by atoms with E-state index in [-0.39, 0.29) is 23.9 Å². The number of aliphatic hydroxyl groups excluding tert-OH is 1.